The van der Waals surface area contributed by atoms with Crippen LogP contribution in [0.5, 0.6) is 0 Å². The average molecular weight is 368 g/mol. The Morgan fingerprint density at radius 1 is 0.483 bits per heavy atom. The second kappa shape index (κ2) is 5.33. The minimum absolute atomic E-state index is 0.954. The first-order valence-corrected chi connectivity index (χ1v) is 9.92. The Hall–Kier alpha value is -3.91. The molecule has 1 aliphatic rings. The van der Waals surface area contributed by atoms with Crippen LogP contribution in [0.25, 0.3) is 60.6 Å². The molecule has 0 atom stereocenters. The third-order valence-corrected chi connectivity index (χ3v) is 6.18. The highest BCUT2D eigenvalue weighted by atomic mass is 15.1. The lowest BCUT2D eigenvalue weighted by atomic mass is 9.93. The van der Waals surface area contributed by atoms with Crippen LogP contribution < -0.4 is 0 Å². The highest BCUT2D eigenvalue weighted by Crippen LogP contribution is 2.49. The first kappa shape index (κ1) is 15.1. The fourth-order valence-electron chi connectivity index (χ4n) is 5.06. The van der Waals surface area contributed by atoms with E-state index < -0.39 is 0 Å². The zero-order valence-corrected chi connectivity index (χ0v) is 15.6. The Balaban J connectivity index is 1.84. The summed E-state index contributed by atoms with van der Waals surface area (Å²) < 4.78 is 2.30. The number of fused-ring (bicyclic) bond motifs is 3. The molecule has 2 heteroatoms. The number of nitrogens with zero attached hydrogens (tertiary/aromatic N) is 2. The van der Waals surface area contributed by atoms with Gasteiger partial charge in [0.15, 0.2) is 0 Å². The lowest BCUT2D eigenvalue weighted by molar-refractivity contribution is 1.08. The number of hydrogen-bond donors (Lipinski definition) is 0. The monoisotopic (exact) mass is 368 g/mol. The molecule has 0 saturated carbocycles. The topological polar surface area (TPSA) is 17.8 Å². The zero-order chi connectivity index (χ0) is 18.9. The summed E-state index contributed by atoms with van der Waals surface area (Å²) in [6, 6.07) is 32.7. The molecular formula is C27H16N2. The molecule has 0 amide bonds. The molecule has 0 N–H and O–H groups in total. The van der Waals surface area contributed by atoms with Crippen molar-refractivity contribution in [2.75, 3.05) is 0 Å². The van der Waals surface area contributed by atoms with Gasteiger partial charge >= 0.3 is 0 Å². The molecule has 2 aromatic heterocycles. The maximum absolute atomic E-state index is 4.68. The highest BCUT2D eigenvalue weighted by Gasteiger charge is 2.24. The molecule has 1 aliphatic carbocycles. The SMILES string of the molecule is c1ccc(-n2c3cccc4c3c3c5c(cccc5ccc32)-c2ccccc2-4)nc1. The van der Waals surface area contributed by atoms with Gasteiger partial charge in [-0.1, -0.05) is 66.7 Å². The minimum Gasteiger partial charge on any atom is -0.294 e. The molecular weight excluding hydrogens is 352 g/mol. The van der Waals surface area contributed by atoms with Gasteiger partial charge in [0, 0.05) is 17.0 Å². The van der Waals surface area contributed by atoms with Gasteiger partial charge in [-0.3, -0.25) is 4.57 Å². The van der Waals surface area contributed by atoms with Crippen molar-refractivity contribution in [1.82, 2.24) is 9.55 Å². The van der Waals surface area contributed by atoms with Gasteiger partial charge in [-0.2, -0.15) is 0 Å². The van der Waals surface area contributed by atoms with Crippen molar-refractivity contribution in [3.8, 4) is 28.1 Å². The molecule has 6 aromatic rings. The molecule has 134 valence electrons. The molecule has 29 heavy (non-hydrogen) atoms. The molecule has 2 heterocycles. The van der Waals surface area contributed by atoms with Crippen LogP contribution in [0.4, 0.5) is 0 Å². The summed E-state index contributed by atoms with van der Waals surface area (Å²) >= 11 is 0. The fraction of sp³-hybridized carbons (Fsp3) is 0. The summed E-state index contributed by atoms with van der Waals surface area (Å²) in [5.74, 6) is 0.954. The summed E-state index contributed by atoms with van der Waals surface area (Å²) in [4.78, 5) is 4.68. The van der Waals surface area contributed by atoms with E-state index in [1.54, 1.807) is 0 Å². The number of rotatable bonds is 1. The second-order valence-corrected chi connectivity index (χ2v) is 7.63. The average Bonchev–Trinajstić information content (AvgIpc) is 3.07. The molecule has 2 nitrogen and oxygen atoms in total. The highest BCUT2D eigenvalue weighted by molar-refractivity contribution is 6.30. The summed E-state index contributed by atoms with van der Waals surface area (Å²) in [5.41, 5.74) is 7.61. The van der Waals surface area contributed by atoms with E-state index >= 15 is 0 Å². The lowest BCUT2D eigenvalue weighted by Crippen LogP contribution is -1.96. The summed E-state index contributed by atoms with van der Waals surface area (Å²) in [6.45, 7) is 0. The summed E-state index contributed by atoms with van der Waals surface area (Å²) in [7, 11) is 0. The number of benzene rings is 4. The van der Waals surface area contributed by atoms with Crippen molar-refractivity contribution in [1.29, 1.82) is 0 Å². The Bertz CT molecular complexity index is 1590. The van der Waals surface area contributed by atoms with Gasteiger partial charge in [0.25, 0.3) is 0 Å². The second-order valence-electron chi connectivity index (χ2n) is 7.63. The van der Waals surface area contributed by atoms with E-state index in [4.69, 9.17) is 0 Å². The van der Waals surface area contributed by atoms with E-state index in [0.717, 1.165) is 5.82 Å². The van der Waals surface area contributed by atoms with Crippen LogP contribution in [-0.2, 0) is 0 Å². The Morgan fingerprint density at radius 2 is 1.17 bits per heavy atom. The van der Waals surface area contributed by atoms with Crippen molar-refractivity contribution >= 4 is 32.6 Å². The van der Waals surface area contributed by atoms with Crippen LogP contribution in [0.15, 0.2) is 97.2 Å². The van der Waals surface area contributed by atoms with Gasteiger partial charge in [-0.25, -0.2) is 4.98 Å². The molecule has 0 aliphatic heterocycles. The summed E-state index contributed by atoms with van der Waals surface area (Å²) in [5, 5.41) is 5.25. The molecule has 0 bridgehead atoms. The van der Waals surface area contributed by atoms with Crippen LogP contribution in [0.3, 0.4) is 0 Å². The van der Waals surface area contributed by atoms with Crippen LogP contribution in [0.1, 0.15) is 0 Å². The normalized spacial score (nSPS) is 12.1. The molecule has 0 unspecified atom stereocenters. The van der Waals surface area contributed by atoms with Gasteiger partial charge < -0.3 is 0 Å². The van der Waals surface area contributed by atoms with E-state index in [1.165, 1.54) is 54.8 Å². The van der Waals surface area contributed by atoms with Gasteiger partial charge in [0.05, 0.1) is 11.0 Å². The maximum atomic E-state index is 4.68. The van der Waals surface area contributed by atoms with E-state index in [2.05, 4.69) is 94.5 Å². The number of aromatic nitrogens is 2. The van der Waals surface area contributed by atoms with Gasteiger partial charge in [-0.15, -0.1) is 0 Å². The molecule has 0 spiro atoms. The van der Waals surface area contributed by atoms with Gasteiger partial charge in [-0.05, 0) is 57.3 Å². The number of hydrogen-bond acceptors (Lipinski definition) is 1. The van der Waals surface area contributed by atoms with Crippen LogP contribution in [0, 0.1) is 0 Å². The quantitative estimate of drug-likeness (QED) is 0.306. The smallest absolute Gasteiger partial charge is 0.137 e. The van der Waals surface area contributed by atoms with Gasteiger partial charge in [0.1, 0.15) is 5.82 Å². The van der Waals surface area contributed by atoms with E-state index in [9.17, 15) is 0 Å². The third kappa shape index (κ3) is 1.83. The zero-order valence-electron chi connectivity index (χ0n) is 15.6. The standard InChI is InChI=1S/C27H16N2/c1-2-9-19-18(8-1)20-10-5-7-17-14-15-23-27(25(17)20)26-21(19)11-6-12-22(26)29(23)24-13-3-4-16-28-24/h1-16H. The molecule has 0 saturated heterocycles. The Kier molecular flexibility index (Phi) is 2.77. The van der Waals surface area contributed by atoms with Crippen molar-refractivity contribution in [3.05, 3.63) is 97.2 Å². The Labute approximate surface area is 167 Å². The Morgan fingerprint density at radius 3 is 1.97 bits per heavy atom. The van der Waals surface area contributed by atoms with Crippen molar-refractivity contribution in [3.63, 3.8) is 0 Å². The molecule has 0 radical (unpaired) electrons. The molecule has 7 rings (SSSR count). The van der Waals surface area contributed by atoms with Crippen LogP contribution >= 0.6 is 0 Å². The number of pyridine rings is 1. The summed E-state index contributed by atoms with van der Waals surface area (Å²) in [6.07, 6.45) is 1.87. The predicted octanol–water partition coefficient (Wildman–Crippen LogP) is 6.98. The fourth-order valence-corrected chi connectivity index (χ4v) is 5.06. The molecule has 4 aromatic carbocycles. The first-order valence-electron chi connectivity index (χ1n) is 9.92. The first-order chi connectivity index (χ1) is 14.4. The van der Waals surface area contributed by atoms with Crippen LogP contribution in [-0.4, -0.2) is 9.55 Å². The van der Waals surface area contributed by atoms with E-state index in [1.807, 2.05) is 12.3 Å². The van der Waals surface area contributed by atoms with E-state index in [-0.39, 0.29) is 0 Å². The van der Waals surface area contributed by atoms with E-state index in [0.29, 0.717) is 0 Å². The minimum atomic E-state index is 0.954. The van der Waals surface area contributed by atoms with Gasteiger partial charge in [0.2, 0.25) is 0 Å². The predicted molar refractivity (Wildman–Crippen MR) is 121 cm³/mol. The van der Waals surface area contributed by atoms with Crippen molar-refractivity contribution in [2.45, 2.75) is 0 Å². The molecule has 0 fully saturated rings. The maximum Gasteiger partial charge on any atom is 0.137 e. The largest absolute Gasteiger partial charge is 0.294 e. The third-order valence-electron chi connectivity index (χ3n) is 6.18. The van der Waals surface area contributed by atoms with Crippen molar-refractivity contribution in [2.24, 2.45) is 0 Å². The van der Waals surface area contributed by atoms with Crippen LogP contribution in [0.2, 0.25) is 0 Å². The lowest BCUT2D eigenvalue weighted by Gasteiger charge is -2.13. The van der Waals surface area contributed by atoms with Crippen molar-refractivity contribution < 1.29 is 0 Å².